The van der Waals surface area contributed by atoms with Crippen molar-refractivity contribution in [3.05, 3.63) is 77.0 Å². The van der Waals surface area contributed by atoms with Crippen LogP contribution in [0.5, 0.6) is 0 Å². The van der Waals surface area contributed by atoms with Gasteiger partial charge in [-0.1, -0.05) is 42.5 Å². The Morgan fingerprint density at radius 2 is 1.68 bits per heavy atom. The van der Waals surface area contributed by atoms with E-state index >= 15 is 0 Å². The van der Waals surface area contributed by atoms with Gasteiger partial charge in [-0.15, -0.1) is 0 Å². The first kappa shape index (κ1) is 17.0. The van der Waals surface area contributed by atoms with Gasteiger partial charge in [0, 0.05) is 12.1 Å². The van der Waals surface area contributed by atoms with Crippen molar-refractivity contribution in [1.29, 1.82) is 0 Å². The zero-order valence-electron chi connectivity index (χ0n) is 14.1. The molecule has 0 aliphatic heterocycles. The maximum atomic E-state index is 13.2. The van der Waals surface area contributed by atoms with Crippen LogP contribution in [-0.4, -0.2) is 9.97 Å². The fourth-order valence-electron chi connectivity index (χ4n) is 2.48. The monoisotopic (exact) mass is 339 g/mol. The zero-order valence-corrected chi connectivity index (χ0v) is 14.1. The second-order valence-electron chi connectivity index (χ2n) is 5.94. The van der Waals surface area contributed by atoms with Crippen LogP contribution in [0, 0.1) is 13.8 Å². The van der Waals surface area contributed by atoms with Gasteiger partial charge in [0.25, 0.3) is 6.43 Å². The molecule has 0 spiro atoms. The van der Waals surface area contributed by atoms with Gasteiger partial charge in [0.1, 0.15) is 5.69 Å². The Balaban J connectivity index is 1.92. The number of hydrogen-bond donors (Lipinski definition) is 1. The molecule has 0 radical (unpaired) electrons. The molecule has 1 aromatic heterocycles. The molecule has 0 aliphatic carbocycles. The highest BCUT2D eigenvalue weighted by Crippen LogP contribution is 2.26. The van der Waals surface area contributed by atoms with Gasteiger partial charge in [-0.2, -0.15) is 0 Å². The predicted octanol–water partition coefficient (Wildman–Crippen LogP) is 5.31. The molecule has 0 unspecified atom stereocenters. The lowest BCUT2D eigenvalue weighted by atomic mass is 10.0. The van der Waals surface area contributed by atoms with E-state index in [0.29, 0.717) is 12.2 Å². The lowest BCUT2D eigenvalue weighted by Crippen LogP contribution is -2.06. The summed E-state index contributed by atoms with van der Waals surface area (Å²) in [7, 11) is 0. The second kappa shape index (κ2) is 7.38. The van der Waals surface area contributed by atoms with Crippen LogP contribution in [0.3, 0.4) is 0 Å². The molecule has 1 N–H and O–H groups in total. The molecule has 25 heavy (non-hydrogen) atoms. The largest absolute Gasteiger partial charge is 0.350 e. The second-order valence-corrected chi connectivity index (χ2v) is 5.94. The normalized spacial score (nSPS) is 10.9. The highest BCUT2D eigenvalue weighted by atomic mass is 19.3. The van der Waals surface area contributed by atoms with Crippen LogP contribution in [0.2, 0.25) is 0 Å². The van der Waals surface area contributed by atoms with Gasteiger partial charge < -0.3 is 5.32 Å². The Bertz CT molecular complexity index is 864. The Morgan fingerprint density at radius 1 is 0.920 bits per heavy atom. The van der Waals surface area contributed by atoms with Crippen molar-refractivity contribution in [1.82, 2.24) is 9.97 Å². The van der Waals surface area contributed by atoms with Gasteiger partial charge in [0.2, 0.25) is 5.95 Å². The first-order chi connectivity index (χ1) is 12.0. The molecule has 3 aromatic rings. The van der Waals surface area contributed by atoms with E-state index < -0.39 is 6.43 Å². The van der Waals surface area contributed by atoms with Crippen LogP contribution in [0.25, 0.3) is 11.3 Å². The predicted molar refractivity (Wildman–Crippen MR) is 95.7 cm³/mol. The third-order valence-corrected chi connectivity index (χ3v) is 4.07. The van der Waals surface area contributed by atoms with Gasteiger partial charge in [-0.05, 0) is 42.7 Å². The molecule has 2 aromatic carbocycles. The van der Waals surface area contributed by atoms with Crippen LogP contribution in [0.4, 0.5) is 14.7 Å². The summed E-state index contributed by atoms with van der Waals surface area (Å²) in [4.78, 5) is 8.36. The van der Waals surface area contributed by atoms with Crippen LogP contribution >= 0.6 is 0 Å². The standard InChI is InChI=1S/C20H19F2N3/c1-13-8-9-16(10-14(13)2)17-11-18(19(21)22)25-20(24-17)23-12-15-6-4-3-5-7-15/h3-11,19H,12H2,1-2H3,(H,23,24,25). The minimum atomic E-state index is -2.65. The number of nitrogens with one attached hydrogen (secondary N) is 1. The number of aromatic nitrogens is 2. The average Bonchev–Trinajstić information content (AvgIpc) is 2.63. The number of halogens is 2. The van der Waals surface area contributed by atoms with Gasteiger partial charge in [-0.25, -0.2) is 18.7 Å². The van der Waals surface area contributed by atoms with E-state index in [1.165, 1.54) is 6.07 Å². The topological polar surface area (TPSA) is 37.8 Å². The van der Waals surface area contributed by atoms with Crippen LogP contribution in [0.15, 0.2) is 54.6 Å². The van der Waals surface area contributed by atoms with E-state index in [0.717, 1.165) is 22.3 Å². The maximum absolute atomic E-state index is 13.2. The molecule has 5 heteroatoms. The number of aryl methyl sites for hydroxylation is 2. The third-order valence-electron chi connectivity index (χ3n) is 4.07. The zero-order chi connectivity index (χ0) is 17.8. The smallest absolute Gasteiger partial charge is 0.280 e. The number of rotatable bonds is 5. The Kier molecular flexibility index (Phi) is 5.03. The first-order valence-corrected chi connectivity index (χ1v) is 8.05. The molecule has 128 valence electrons. The number of alkyl halides is 2. The van der Waals surface area contributed by atoms with Gasteiger partial charge in [0.05, 0.1) is 5.69 Å². The van der Waals surface area contributed by atoms with Crippen molar-refractivity contribution < 1.29 is 8.78 Å². The Hall–Kier alpha value is -2.82. The molecule has 0 saturated heterocycles. The summed E-state index contributed by atoms with van der Waals surface area (Å²) in [5, 5.41) is 3.04. The molecule has 1 heterocycles. The van der Waals surface area contributed by atoms with Crippen LogP contribution < -0.4 is 5.32 Å². The fourth-order valence-corrected chi connectivity index (χ4v) is 2.48. The van der Waals surface area contributed by atoms with Crippen molar-refractivity contribution in [2.24, 2.45) is 0 Å². The van der Waals surface area contributed by atoms with Gasteiger partial charge in [0.15, 0.2) is 0 Å². The summed E-state index contributed by atoms with van der Waals surface area (Å²) >= 11 is 0. The fraction of sp³-hybridized carbons (Fsp3) is 0.200. The van der Waals surface area contributed by atoms with Gasteiger partial charge in [-0.3, -0.25) is 0 Å². The molecule has 3 rings (SSSR count). The van der Waals surface area contributed by atoms with Crippen LogP contribution in [0.1, 0.15) is 28.8 Å². The quantitative estimate of drug-likeness (QED) is 0.684. The molecule has 0 bridgehead atoms. The minimum absolute atomic E-state index is 0.204. The minimum Gasteiger partial charge on any atom is -0.350 e. The van der Waals surface area contributed by atoms with E-state index in [4.69, 9.17) is 0 Å². The van der Waals surface area contributed by atoms with E-state index in [9.17, 15) is 8.78 Å². The summed E-state index contributed by atoms with van der Waals surface area (Å²) in [6, 6.07) is 16.8. The number of hydrogen-bond acceptors (Lipinski definition) is 3. The summed E-state index contributed by atoms with van der Waals surface area (Å²) in [5.41, 5.74) is 4.28. The summed E-state index contributed by atoms with van der Waals surface area (Å²) in [5.74, 6) is 0.204. The van der Waals surface area contributed by atoms with E-state index in [-0.39, 0.29) is 11.6 Å². The Labute approximate surface area is 145 Å². The lowest BCUT2D eigenvalue weighted by Gasteiger charge is -2.11. The van der Waals surface area contributed by atoms with E-state index in [1.807, 2.05) is 62.4 Å². The maximum Gasteiger partial charge on any atom is 0.280 e. The van der Waals surface area contributed by atoms with Crippen LogP contribution in [-0.2, 0) is 6.54 Å². The molecular weight excluding hydrogens is 320 g/mol. The van der Waals surface area contributed by atoms with Crippen molar-refractivity contribution in [2.45, 2.75) is 26.8 Å². The number of benzene rings is 2. The summed E-state index contributed by atoms with van der Waals surface area (Å²) in [6.45, 7) is 4.47. The van der Waals surface area contributed by atoms with E-state index in [1.54, 1.807) is 0 Å². The Morgan fingerprint density at radius 3 is 2.36 bits per heavy atom. The van der Waals surface area contributed by atoms with Crippen molar-refractivity contribution in [3.63, 3.8) is 0 Å². The first-order valence-electron chi connectivity index (χ1n) is 8.05. The third kappa shape index (κ3) is 4.18. The molecule has 0 fully saturated rings. The molecule has 3 nitrogen and oxygen atoms in total. The number of nitrogens with zero attached hydrogens (tertiary/aromatic N) is 2. The SMILES string of the molecule is Cc1ccc(-c2cc(C(F)F)nc(NCc3ccccc3)n2)cc1C. The van der Waals surface area contributed by atoms with Gasteiger partial charge >= 0.3 is 0 Å². The van der Waals surface area contributed by atoms with E-state index in [2.05, 4.69) is 15.3 Å². The van der Waals surface area contributed by atoms with Crippen molar-refractivity contribution in [2.75, 3.05) is 5.32 Å². The molecule has 0 saturated carbocycles. The molecule has 0 aliphatic rings. The van der Waals surface area contributed by atoms with Crippen molar-refractivity contribution >= 4 is 5.95 Å². The summed E-state index contributed by atoms with van der Waals surface area (Å²) in [6.07, 6.45) is -2.65. The molecule has 0 atom stereocenters. The molecule has 0 amide bonds. The number of anilines is 1. The summed E-state index contributed by atoms with van der Waals surface area (Å²) < 4.78 is 26.5. The highest BCUT2D eigenvalue weighted by molar-refractivity contribution is 5.62. The molecular formula is C20H19F2N3. The lowest BCUT2D eigenvalue weighted by molar-refractivity contribution is 0.146. The average molecular weight is 339 g/mol. The van der Waals surface area contributed by atoms with Crippen molar-refractivity contribution in [3.8, 4) is 11.3 Å². The highest BCUT2D eigenvalue weighted by Gasteiger charge is 2.14.